The first-order chi connectivity index (χ1) is 26.6. The van der Waals surface area contributed by atoms with Crippen molar-refractivity contribution in [2.24, 2.45) is 33.7 Å². The van der Waals surface area contributed by atoms with Gasteiger partial charge in [-0.15, -0.1) is 0 Å². The number of hydrogen-bond donors (Lipinski definition) is 14. The normalized spacial score (nSPS) is 14.1. The van der Waals surface area contributed by atoms with E-state index in [2.05, 4.69) is 44.2 Å². The van der Waals surface area contributed by atoms with Gasteiger partial charge >= 0.3 is 5.97 Å². The summed E-state index contributed by atoms with van der Waals surface area (Å²) in [4.78, 5) is 82.8. The molecule has 0 saturated carbocycles. The van der Waals surface area contributed by atoms with Crippen LogP contribution in [0.3, 0.4) is 0 Å². The van der Waals surface area contributed by atoms with Crippen LogP contribution in [0.15, 0.2) is 53.5 Å². The molecule has 308 valence electrons. The van der Waals surface area contributed by atoms with Gasteiger partial charge in [-0.1, -0.05) is 24.3 Å². The molecule has 0 radical (unpaired) electrons. The summed E-state index contributed by atoms with van der Waals surface area (Å²) in [7, 11) is 0. The van der Waals surface area contributed by atoms with Crippen molar-refractivity contribution in [3.8, 4) is 11.5 Å². The van der Waals surface area contributed by atoms with Gasteiger partial charge in [0.25, 0.3) is 0 Å². The number of nitrogens with zero attached hydrogens (tertiary/aromatic N) is 1. The van der Waals surface area contributed by atoms with Crippen LogP contribution in [0, 0.1) is 0 Å². The minimum absolute atomic E-state index is 0.0143. The predicted octanol–water partition coefficient (Wildman–Crippen LogP) is -3.60. The third-order valence-corrected chi connectivity index (χ3v) is 8.66. The third-order valence-electron chi connectivity index (χ3n) is 8.30. The zero-order valence-electron chi connectivity index (χ0n) is 30.7. The van der Waals surface area contributed by atoms with Crippen molar-refractivity contribution in [1.82, 2.24) is 26.6 Å². The number of aliphatic carboxylic acids is 1. The van der Waals surface area contributed by atoms with E-state index in [1.807, 2.05) is 0 Å². The number of guanidine groups is 1. The van der Waals surface area contributed by atoms with Gasteiger partial charge in [0.2, 0.25) is 29.5 Å². The van der Waals surface area contributed by atoms with Gasteiger partial charge in [-0.25, -0.2) is 4.79 Å². The summed E-state index contributed by atoms with van der Waals surface area (Å²) in [5.41, 5.74) is 29.0. The summed E-state index contributed by atoms with van der Waals surface area (Å²) in [5, 5.41) is 41.7. The molecule has 0 heterocycles. The fourth-order valence-corrected chi connectivity index (χ4v) is 5.48. The fraction of sp³-hybridized carbons (Fsp3) is 0.457. The van der Waals surface area contributed by atoms with Crippen LogP contribution in [0.4, 0.5) is 0 Å². The first kappa shape index (κ1) is 46.5. The summed E-state index contributed by atoms with van der Waals surface area (Å²) >= 11 is 4.21. The number of phenols is 2. The molecule has 56 heavy (non-hydrogen) atoms. The Morgan fingerprint density at radius 1 is 0.607 bits per heavy atom. The molecule has 0 saturated heterocycles. The second kappa shape index (κ2) is 24.0. The van der Waals surface area contributed by atoms with Crippen LogP contribution in [0.2, 0.25) is 0 Å². The number of nitrogens with one attached hydrogen (secondary N) is 5. The van der Waals surface area contributed by atoms with E-state index >= 15 is 0 Å². The van der Waals surface area contributed by atoms with E-state index in [0.717, 1.165) is 0 Å². The van der Waals surface area contributed by atoms with E-state index in [9.17, 15) is 44.1 Å². The maximum absolute atomic E-state index is 13.6. The average molecular weight is 804 g/mol. The number of rotatable bonds is 24. The number of aromatic hydroxyl groups is 2. The van der Waals surface area contributed by atoms with Crippen molar-refractivity contribution in [2.45, 2.75) is 74.8 Å². The van der Waals surface area contributed by atoms with Gasteiger partial charge in [0, 0.05) is 25.1 Å². The number of carbonyl (C=O) groups is 6. The molecular formula is C35H53N11O9S. The first-order valence-corrected chi connectivity index (χ1v) is 18.3. The number of benzene rings is 2. The minimum Gasteiger partial charge on any atom is -0.508 e. The lowest BCUT2D eigenvalue weighted by molar-refractivity contribution is -0.142. The van der Waals surface area contributed by atoms with Gasteiger partial charge in [-0.3, -0.25) is 29.0 Å². The number of amides is 5. The summed E-state index contributed by atoms with van der Waals surface area (Å²) in [6.07, 6.45) is -0.00176. The number of carboxylic acids is 1. The zero-order valence-corrected chi connectivity index (χ0v) is 31.6. The SMILES string of the molecule is NCC[C@H](NC(=O)[C@H](CS)NC(=O)[C@H](Cc1ccc(O)cc1)NC(=O)[C@@H](N)CCN)C(=O)N[C@@H](CCCN=C(N)N)C(=O)N[C@@H](Cc1ccc(O)cc1)C(=O)O. The standard InChI is InChI=1S/C35H53N11O9S/c36-13-11-23(38)29(49)44-26(16-19-3-7-21(47)8-4-19)32(52)46-28(18-56)33(53)43-25(12-14-37)31(51)42-24(2-1-15-41-35(39)40)30(50)45-27(34(54)55)17-20-5-9-22(48)10-6-20/h3-10,23-28,47-48,56H,1-2,11-18,36-38H2,(H,42,51)(H,43,53)(H,44,49)(H,45,50)(H,46,52)(H,54,55)(H4,39,40,41)/t23-,24-,25-,26-,27-,28-/m0/s1. The molecule has 21 heteroatoms. The highest BCUT2D eigenvalue weighted by atomic mass is 32.1. The van der Waals surface area contributed by atoms with Gasteiger partial charge in [0.05, 0.1) is 6.04 Å². The summed E-state index contributed by atoms with van der Waals surface area (Å²) < 4.78 is 0. The van der Waals surface area contributed by atoms with E-state index in [-0.39, 0.29) is 81.4 Å². The molecule has 2 aromatic rings. The molecule has 0 aliphatic carbocycles. The molecule has 2 rings (SSSR count). The van der Waals surface area contributed by atoms with Crippen LogP contribution in [-0.2, 0) is 41.6 Å². The Labute approximate surface area is 329 Å². The smallest absolute Gasteiger partial charge is 0.326 e. The van der Waals surface area contributed by atoms with Crippen LogP contribution < -0.4 is 55.3 Å². The third kappa shape index (κ3) is 16.4. The van der Waals surface area contributed by atoms with E-state index in [0.29, 0.717) is 11.1 Å². The first-order valence-electron chi connectivity index (χ1n) is 17.7. The largest absolute Gasteiger partial charge is 0.508 e. The Morgan fingerprint density at radius 2 is 1.02 bits per heavy atom. The lowest BCUT2D eigenvalue weighted by Crippen LogP contribution is -2.60. The molecule has 0 unspecified atom stereocenters. The average Bonchev–Trinajstić information content (AvgIpc) is 3.15. The lowest BCUT2D eigenvalue weighted by atomic mass is 10.0. The second-order valence-electron chi connectivity index (χ2n) is 12.8. The van der Waals surface area contributed by atoms with Gasteiger partial charge in [0.1, 0.15) is 41.7 Å². The number of carboxylic acid groups (broad SMARTS) is 1. The summed E-state index contributed by atoms with van der Waals surface area (Å²) in [5.74, 6) is -5.81. The van der Waals surface area contributed by atoms with E-state index in [1.54, 1.807) is 12.1 Å². The van der Waals surface area contributed by atoms with Gasteiger partial charge in [-0.05, 0) is 74.2 Å². The number of hydrogen-bond acceptors (Lipinski definition) is 13. The van der Waals surface area contributed by atoms with Crippen LogP contribution in [0.25, 0.3) is 0 Å². The molecule has 0 aliphatic heterocycles. The molecule has 6 atom stereocenters. The lowest BCUT2D eigenvalue weighted by Gasteiger charge is -2.26. The molecule has 18 N–H and O–H groups in total. The maximum Gasteiger partial charge on any atom is 0.326 e. The second-order valence-corrected chi connectivity index (χ2v) is 13.1. The van der Waals surface area contributed by atoms with Crippen molar-refractivity contribution >= 4 is 54.1 Å². The summed E-state index contributed by atoms with van der Waals surface area (Å²) in [6.45, 7) is 0.114. The Kier molecular flexibility index (Phi) is 19.9. The zero-order chi connectivity index (χ0) is 41.8. The van der Waals surface area contributed by atoms with Crippen molar-refractivity contribution in [1.29, 1.82) is 0 Å². The van der Waals surface area contributed by atoms with Crippen LogP contribution >= 0.6 is 12.6 Å². The van der Waals surface area contributed by atoms with Gasteiger partial charge < -0.3 is 70.6 Å². The van der Waals surface area contributed by atoms with Crippen LogP contribution in [-0.4, -0.2) is 118 Å². The van der Waals surface area contributed by atoms with Crippen molar-refractivity contribution in [3.63, 3.8) is 0 Å². The number of aliphatic imine (C=N–C) groups is 1. The van der Waals surface area contributed by atoms with Crippen LogP contribution in [0.1, 0.15) is 36.8 Å². The molecule has 0 spiro atoms. The highest BCUT2D eigenvalue weighted by Crippen LogP contribution is 2.14. The van der Waals surface area contributed by atoms with Gasteiger partial charge in [0.15, 0.2) is 5.96 Å². The highest BCUT2D eigenvalue weighted by Gasteiger charge is 2.32. The number of carbonyl (C=O) groups excluding carboxylic acids is 5. The molecule has 0 aromatic heterocycles. The molecule has 2 aromatic carbocycles. The Morgan fingerprint density at radius 3 is 1.48 bits per heavy atom. The molecule has 20 nitrogen and oxygen atoms in total. The minimum atomic E-state index is -1.41. The topological polar surface area (TPSA) is 366 Å². The molecule has 0 fully saturated rings. The highest BCUT2D eigenvalue weighted by molar-refractivity contribution is 7.80. The van der Waals surface area contributed by atoms with E-state index in [1.165, 1.54) is 36.4 Å². The molecule has 5 amide bonds. The van der Waals surface area contributed by atoms with Crippen molar-refractivity contribution in [2.75, 3.05) is 25.4 Å². The maximum atomic E-state index is 13.6. The summed E-state index contributed by atoms with van der Waals surface area (Å²) in [6, 6.07) is 4.01. The number of nitrogens with two attached hydrogens (primary N) is 5. The van der Waals surface area contributed by atoms with Crippen LogP contribution in [0.5, 0.6) is 11.5 Å². The van der Waals surface area contributed by atoms with E-state index < -0.39 is 71.8 Å². The van der Waals surface area contributed by atoms with Crippen molar-refractivity contribution < 1.29 is 44.1 Å². The molecule has 0 bridgehead atoms. The predicted molar refractivity (Wildman–Crippen MR) is 210 cm³/mol. The Balaban J connectivity index is 2.24. The number of thiol groups is 1. The Bertz CT molecular complexity index is 1640. The van der Waals surface area contributed by atoms with Gasteiger partial charge in [-0.2, -0.15) is 12.6 Å². The van der Waals surface area contributed by atoms with Crippen molar-refractivity contribution in [3.05, 3.63) is 59.7 Å². The monoisotopic (exact) mass is 803 g/mol. The number of phenolic OH excluding ortho intramolecular Hbond substituents is 2. The molecular weight excluding hydrogens is 751 g/mol. The fourth-order valence-electron chi connectivity index (χ4n) is 5.23. The Hall–Kier alpha value is -5.64. The van der Waals surface area contributed by atoms with E-state index in [4.69, 9.17) is 28.7 Å². The quantitative estimate of drug-likeness (QED) is 0.0211. The molecule has 0 aliphatic rings.